The molecule has 4 heteroatoms. The van der Waals surface area contributed by atoms with Gasteiger partial charge in [0.25, 0.3) is 0 Å². The molecule has 3 N–H and O–H groups in total. The van der Waals surface area contributed by atoms with E-state index in [-0.39, 0.29) is 0 Å². The summed E-state index contributed by atoms with van der Waals surface area (Å²) < 4.78 is 0. The molecule has 0 aliphatic carbocycles. The minimum Gasteiger partial charge on any atom is -0.333 e. The second kappa shape index (κ2) is 3.88. The van der Waals surface area contributed by atoms with E-state index in [0.29, 0.717) is 5.69 Å². The molecular weight excluding hydrogens is 192 g/mol. The molecule has 0 heterocycles. The first-order valence-electron chi connectivity index (χ1n) is 4.47. The van der Waals surface area contributed by atoms with Crippen LogP contribution in [-0.4, -0.2) is 6.09 Å². The molecule has 4 nitrogen and oxygen atoms in total. The molecule has 0 fully saturated rings. The summed E-state index contributed by atoms with van der Waals surface area (Å²) in [7, 11) is 0. The van der Waals surface area contributed by atoms with Crippen molar-refractivity contribution in [2.45, 2.75) is 0 Å². The van der Waals surface area contributed by atoms with E-state index in [9.17, 15) is 4.79 Å². The maximum absolute atomic E-state index is 10.4. The number of nitrogens with one attached hydrogen (secondary N) is 1. The van der Waals surface area contributed by atoms with Crippen LogP contribution in [0, 0.1) is 0 Å². The van der Waals surface area contributed by atoms with Crippen molar-refractivity contribution in [2.24, 2.45) is 5.73 Å². The highest BCUT2D eigenvalue weighted by Crippen LogP contribution is 2.22. The molecule has 1 amide bonds. The van der Waals surface area contributed by atoms with Gasteiger partial charge in [-0.15, -0.1) is 0 Å². The molecule has 0 aliphatic heterocycles. The molecule has 0 bridgehead atoms. The molecule has 0 radical (unpaired) electrons. The predicted molar refractivity (Wildman–Crippen MR) is 58.2 cm³/mol. The van der Waals surface area contributed by atoms with E-state index in [1.54, 1.807) is 0 Å². The van der Waals surface area contributed by atoms with Crippen LogP contribution in [0.1, 0.15) is 0 Å². The molecule has 0 aromatic heterocycles. The Labute approximate surface area is 86.6 Å². The van der Waals surface area contributed by atoms with Crippen molar-refractivity contribution >= 4 is 22.6 Å². The van der Waals surface area contributed by atoms with E-state index in [4.69, 9.17) is 5.73 Å². The minimum atomic E-state index is -0.858. The standard InChI is InChI=1S/C11H10N2O2/c12-11(14)15-13-10-7-3-5-8-4-1-2-6-9(8)10/h1-7,13H,(H2,12,14). The summed E-state index contributed by atoms with van der Waals surface area (Å²) in [5.74, 6) is 0. The first-order valence-corrected chi connectivity index (χ1v) is 4.47. The average molecular weight is 202 g/mol. The Bertz CT molecular complexity index is 491. The van der Waals surface area contributed by atoms with Crippen molar-refractivity contribution in [3.63, 3.8) is 0 Å². The van der Waals surface area contributed by atoms with Crippen LogP contribution in [0.3, 0.4) is 0 Å². The Balaban J connectivity index is 2.38. The van der Waals surface area contributed by atoms with Crippen molar-refractivity contribution in [3.8, 4) is 0 Å². The van der Waals surface area contributed by atoms with Gasteiger partial charge in [-0.05, 0) is 11.5 Å². The number of benzene rings is 2. The van der Waals surface area contributed by atoms with Gasteiger partial charge in [-0.1, -0.05) is 36.4 Å². The number of rotatable bonds is 2. The van der Waals surface area contributed by atoms with Crippen molar-refractivity contribution in [1.29, 1.82) is 0 Å². The second-order valence-electron chi connectivity index (χ2n) is 3.05. The molecule has 15 heavy (non-hydrogen) atoms. The zero-order valence-electron chi connectivity index (χ0n) is 7.94. The van der Waals surface area contributed by atoms with Crippen molar-refractivity contribution in [2.75, 3.05) is 5.48 Å². The lowest BCUT2D eigenvalue weighted by Gasteiger charge is -2.07. The number of carbonyl (C=O) groups excluding carboxylic acids is 1. The molecule has 0 saturated carbocycles. The lowest BCUT2D eigenvalue weighted by atomic mass is 10.1. The monoisotopic (exact) mass is 202 g/mol. The summed E-state index contributed by atoms with van der Waals surface area (Å²) in [6, 6.07) is 13.4. The zero-order valence-corrected chi connectivity index (χ0v) is 7.94. The van der Waals surface area contributed by atoms with Crippen LogP contribution in [0.25, 0.3) is 10.8 Å². The third kappa shape index (κ3) is 1.99. The quantitative estimate of drug-likeness (QED) is 0.734. The lowest BCUT2D eigenvalue weighted by Crippen LogP contribution is -2.17. The van der Waals surface area contributed by atoms with Gasteiger partial charge >= 0.3 is 6.09 Å². The van der Waals surface area contributed by atoms with Crippen LogP contribution in [0.5, 0.6) is 0 Å². The van der Waals surface area contributed by atoms with E-state index in [2.05, 4.69) is 10.3 Å². The van der Waals surface area contributed by atoms with E-state index >= 15 is 0 Å². The summed E-state index contributed by atoms with van der Waals surface area (Å²) >= 11 is 0. The van der Waals surface area contributed by atoms with Crippen molar-refractivity contribution in [1.82, 2.24) is 0 Å². The molecule has 0 unspecified atom stereocenters. The molecule has 0 atom stereocenters. The molecule has 2 rings (SSSR count). The summed E-state index contributed by atoms with van der Waals surface area (Å²) in [6.07, 6.45) is -0.858. The van der Waals surface area contributed by atoms with Gasteiger partial charge in [-0.25, -0.2) is 10.3 Å². The summed E-state index contributed by atoms with van der Waals surface area (Å²) in [5, 5.41) is 2.04. The highest BCUT2D eigenvalue weighted by atomic mass is 16.7. The van der Waals surface area contributed by atoms with Gasteiger partial charge in [0.15, 0.2) is 0 Å². The largest absolute Gasteiger partial charge is 0.428 e. The Hall–Kier alpha value is -2.23. The third-order valence-corrected chi connectivity index (χ3v) is 2.05. The number of fused-ring (bicyclic) bond motifs is 1. The van der Waals surface area contributed by atoms with Crippen molar-refractivity contribution in [3.05, 3.63) is 42.5 Å². The molecule has 2 aromatic carbocycles. The van der Waals surface area contributed by atoms with E-state index < -0.39 is 6.09 Å². The van der Waals surface area contributed by atoms with Crippen molar-refractivity contribution < 1.29 is 9.63 Å². The van der Waals surface area contributed by atoms with Crippen LogP contribution in [0.4, 0.5) is 10.5 Å². The highest BCUT2D eigenvalue weighted by molar-refractivity contribution is 5.93. The normalized spacial score (nSPS) is 9.87. The Morgan fingerprint density at radius 1 is 1.13 bits per heavy atom. The summed E-state index contributed by atoms with van der Waals surface area (Å²) in [6.45, 7) is 0. The topological polar surface area (TPSA) is 64.4 Å². The summed E-state index contributed by atoms with van der Waals surface area (Å²) in [5.41, 5.74) is 8.09. The predicted octanol–water partition coefficient (Wildman–Crippen LogP) is 2.26. The van der Waals surface area contributed by atoms with E-state index in [1.165, 1.54) is 0 Å². The van der Waals surface area contributed by atoms with E-state index in [1.807, 2.05) is 42.5 Å². The van der Waals surface area contributed by atoms with Gasteiger partial charge in [-0.3, -0.25) is 0 Å². The first kappa shape index (κ1) is 9.33. The van der Waals surface area contributed by atoms with Gasteiger partial charge in [0.2, 0.25) is 0 Å². The molecular formula is C11H10N2O2. The molecule has 2 aromatic rings. The third-order valence-electron chi connectivity index (χ3n) is 2.05. The van der Waals surface area contributed by atoms with Gasteiger partial charge < -0.3 is 10.6 Å². The number of hydrogen-bond donors (Lipinski definition) is 2. The van der Waals surface area contributed by atoms with E-state index in [0.717, 1.165) is 10.8 Å². The number of amides is 1. The van der Waals surface area contributed by atoms with Crippen LogP contribution in [0.15, 0.2) is 42.5 Å². The smallest absolute Gasteiger partial charge is 0.333 e. The Kier molecular flexibility index (Phi) is 2.41. The number of hydrogen-bond acceptors (Lipinski definition) is 3. The zero-order chi connectivity index (χ0) is 10.7. The lowest BCUT2D eigenvalue weighted by molar-refractivity contribution is 0.181. The fraction of sp³-hybridized carbons (Fsp3) is 0. The Morgan fingerprint density at radius 2 is 1.87 bits per heavy atom. The minimum absolute atomic E-state index is 0.715. The van der Waals surface area contributed by atoms with Crippen LogP contribution >= 0.6 is 0 Å². The average Bonchev–Trinajstić information content (AvgIpc) is 2.26. The number of nitrogens with two attached hydrogens (primary N) is 1. The van der Waals surface area contributed by atoms with Crippen LogP contribution in [0.2, 0.25) is 0 Å². The number of carbonyl (C=O) groups is 1. The fourth-order valence-corrected chi connectivity index (χ4v) is 1.42. The SMILES string of the molecule is NC(=O)ONc1cccc2ccccc12. The Morgan fingerprint density at radius 3 is 2.67 bits per heavy atom. The molecule has 76 valence electrons. The molecule has 0 saturated heterocycles. The first-order chi connectivity index (χ1) is 7.27. The second-order valence-corrected chi connectivity index (χ2v) is 3.05. The molecule has 0 aliphatic rings. The number of primary amides is 1. The summed E-state index contributed by atoms with van der Waals surface area (Å²) in [4.78, 5) is 15.0. The van der Waals surface area contributed by atoms with Crippen LogP contribution < -0.4 is 11.2 Å². The molecule has 0 spiro atoms. The van der Waals surface area contributed by atoms with Gasteiger partial charge in [-0.2, -0.15) is 0 Å². The maximum atomic E-state index is 10.4. The highest BCUT2D eigenvalue weighted by Gasteiger charge is 2.00. The fourth-order valence-electron chi connectivity index (χ4n) is 1.42. The van der Waals surface area contributed by atoms with Gasteiger partial charge in [0, 0.05) is 5.39 Å². The van der Waals surface area contributed by atoms with Gasteiger partial charge in [0.1, 0.15) is 0 Å². The maximum Gasteiger partial charge on any atom is 0.428 e. The van der Waals surface area contributed by atoms with Crippen LogP contribution in [-0.2, 0) is 4.84 Å². The van der Waals surface area contributed by atoms with Gasteiger partial charge in [0.05, 0.1) is 5.69 Å². The number of anilines is 1.